The van der Waals surface area contributed by atoms with Gasteiger partial charge >= 0.3 is 6.18 Å². The monoisotopic (exact) mass is 421 g/mol. The van der Waals surface area contributed by atoms with E-state index < -0.39 is 11.7 Å². The van der Waals surface area contributed by atoms with Gasteiger partial charge in [0, 0.05) is 44.6 Å². The van der Waals surface area contributed by atoms with Gasteiger partial charge in [-0.15, -0.1) is 0 Å². The maximum absolute atomic E-state index is 12.7. The Kier molecular flexibility index (Phi) is 7.15. The predicted molar refractivity (Wildman–Crippen MR) is 110 cm³/mol. The van der Waals surface area contributed by atoms with Crippen LogP contribution in [0.15, 0.2) is 42.6 Å². The molecule has 1 fully saturated rings. The van der Waals surface area contributed by atoms with Crippen molar-refractivity contribution in [2.75, 3.05) is 49.5 Å². The number of hydrogen-bond acceptors (Lipinski definition) is 5. The molecular weight excluding hydrogens is 395 g/mol. The first kappa shape index (κ1) is 21.9. The zero-order chi connectivity index (χ0) is 21.6. The molecule has 0 aliphatic carbocycles. The standard InChI is InChI=1S/C21H26F3N5O/c1-2-28-8-10-29(11-9-28)19-7-6-16(13-26-19)14-27-20(30)15-25-18-5-3-4-17(12-18)21(22,23)24/h3-7,12-13,25H,2,8-11,14-15H2,1H3,(H,27,30). The molecule has 30 heavy (non-hydrogen) atoms. The number of benzene rings is 1. The lowest BCUT2D eigenvalue weighted by Crippen LogP contribution is -2.46. The Morgan fingerprint density at radius 2 is 1.90 bits per heavy atom. The average Bonchev–Trinajstić information content (AvgIpc) is 2.76. The minimum absolute atomic E-state index is 0.117. The molecule has 6 nitrogen and oxygen atoms in total. The van der Waals surface area contributed by atoms with Crippen molar-refractivity contribution < 1.29 is 18.0 Å². The highest BCUT2D eigenvalue weighted by atomic mass is 19.4. The Hall–Kier alpha value is -2.81. The Balaban J connectivity index is 1.44. The number of pyridine rings is 1. The summed E-state index contributed by atoms with van der Waals surface area (Å²) in [4.78, 5) is 21.1. The quantitative estimate of drug-likeness (QED) is 0.720. The Labute approximate surface area is 174 Å². The fourth-order valence-electron chi connectivity index (χ4n) is 3.25. The number of aromatic nitrogens is 1. The van der Waals surface area contributed by atoms with Gasteiger partial charge in [-0.1, -0.05) is 19.1 Å². The third-order valence-corrected chi connectivity index (χ3v) is 5.09. The molecule has 1 aliphatic rings. The van der Waals surface area contributed by atoms with Crippen molar-refractivity contribution in [2.24, 2.45) is 0 Å². The number of hydrogen-bond donors (Lipinski definition) is 2. The average molecular weight is 421 g/mol. The number of likely N-dealkylation sites (N-methyl/N-ethyl adjacent to an activating group) is 1. The second-order valence-corrected chi connectivity index (χ2v) is 7.15. The molecule has 0 bridgehead atoms. The van der Waals surface area contributed by atoms with Gasteiger partial charge in [-0.05, 0) is 36.4 Å². The van der Waals surface area contributed by atoms with Crippen LogP contribution in [-0.2, 0) is 17.5 Å². The van der Waals surface area contributed by atoms with Crippen molar-refractivity contribution in [3.63, 3.8) is 0 Å². The van der Waals surface area contributed by atoms with Gasteiger partial charge in [-0.2, -0.15) is 13.2 Å². The van der Waals surface area contributed by atoms with E-state index in [9.17, 15) is 18.0 Å². The third-order valence-electron chi connectivity index (χ3n) is 5.09. The fourth-order valence-corrected chi connectivity index (χ4v) is 3.25. The summed E-state index contributed by atoms with van der Waals surface area (Å²) in [5.74, 6) is 0.610. The number of alkyl halides is 3. The molecule has 0 saturated carbocycles. The van der Waals surface area contributed by atoms with Crippen LogP contribution >= 0.6 is 0 Å². The maximum atomic E-state index is 12.7. The summed E-state index contributed by atoms with van der Waals surface area (Å²) >= 11 is 0. The van der Waals surface area contributed by atoms with E-state index in [2.05, 4.69) is 32.3 Å². The number of carbonyl (C=O) groups excluding carboxylic acids is 1. The van der Waals surface area contributed by atoms with E-state index >= 15 is 0 Å². The SMILES string of the molecule is CCN1CCN(c2ccc(CNC(=O)CNc3cccc(C(F)(F)F)c3)cn2)CC1. The Bertz CT molecular complexity index is 833. The molecule has 1 aromatic carbocycles. The highest BCUT2D eigenvalue weighted by molar-refractivity contribution is 5.80. The molecule has 1 aliphatic heterocycles. The largest absolute Gasteiger partial charge is 0.416 e. The first-order valence-corrected chi connectivity index (χ1v) is 9.95. The lowest BCUT2D eigenvalue weighted by atomic mass is 10.2. The number of rotatable bonds is 7. The highest BCUT2D eigenvalue weighted by Gasteiger charge is 2.30. The van der Waals surface area contributed by atoms with Gasteiger partial charge in [0.2, 0.25) is 5.91 Å². The summed E-state index contributed by atoms with van der Waals surface area (Å²) in [6, 6.07) is 8.64. The van der Waals surface area contributed by atoms with Crippen LogP contribution in [0.4, 0.5) is 24.7 Å². The van der Waals surface area contributed by atoms with E-state index in [1.165, 1.54) is 12.1 Å². The molecule has 2 aromatic rings. The lowest BCUT2D eigenvalue weighted by Gasteiger charge is -2.34. The van der Waals surface area contributed by atoms with Gasteiger partial charge < -0.3 is 20.4 Å². The normalized spacial score (nSPS) is 15.1. The van der Waals surface area contributed by atoms with E-state index in [1.807, 2.05) is 12.1 Å². The number of carbonyl (C=O) groups is 1. The molecule has 1 amide bonds. The first-order valence-electron chi connectivity index (χ1n) is 9.95. The van der Waals surface area contributed by atoms with Crippen LogP contribution in [0, 0.1) is 0 Å². The second kappa shape index (κ2) is 9.80. The molecule has 0 spiro atoms. The molecule has 3 rings (SSSR count). The van der Waals surface area contributed by atoms with Gasteiger partial charge in [-0.25, -0.2) is 4.98 Å². The fraction of sp³-hybridized carbons (Fsp3) is 0.429. The summed E-state index contributed by atoms with van der Waals surface area (Å²) in [6.45, 7) is 7.34. The smallest absolute Gasteiger partial charge is 0.376 e. The molecule has 1 saturated heterocycles. The zero-order valence-corrected chi connectivity index (χ0v) is 16.9. The van der Waals surface area contributed by atoms with E-state index in [4.69, 9.17) is 0 Å². The van der Waals surface area contributed by atoms with E-state index in [1.54, 1.807) is 6.20 Å². The van der Waals surface area contributed by atoms with E-state index in [0.29, 0.717) is 6.54 Å². The molecule has 0 radical (unpaired) electrons. The van der Waals surface area contributed by atoms with Crippen molar-refractivity contribution in [1.82, 2.24) is 15.2 Å². The molecule has 0 atom stereocenters. The number of nitrogens with one attached hydrogen (secondary N) is 2. The molecule has 162 valence electrons. The third kappa shape index (κ3) is 6.09. The maximum Gasteiger partial charge on any atom is 0.416 e. The number of amides is 1. The Morgan fingerprint density at radius 1 is 1.13 bits per heavy atom. The van der Waals surface area contributed by atoms with Gasteiger partial charge in [0.05, 0.1) is 12.1 Å². The van der Waals surface area contributed by atoms with Crippen LogP contribution in [0.25, 0.3) is 0 Å². The predicted octanol–water partition coefficient (Wildman–Crippen LogP) is 2.97. The van der Waals surface area contributed by atoms with Gasteiger partial charge in [0.1, 0.15) is 5.82 Å². The van der Waals surface area contributed by atoms with Crippen LogP contribution < -0.4 is 15.5 Å². The van der Waals surface area contributed by atoms with E-state index in [0.717, 1.165) is 56.2 Å². The van der Waals surface area contributed by atoms with Crippen molar-refractivity contribution in [2.45, 2.75) is 19.6 Å². The van der Waals surface area contributed by atoms with Gasteiger partial charge in [0.25, 0.3) is 0 Å². The van der Waals surface area contributed by atoms with Crippen molar-refractivity contribution >= 4 is 17.4 Å². The summed E-state index contributed by atoms with van der Waals surface area (Å²) in [6.07, 6.45) is -2.68. The number of halogens is 3. The topological polar surface area (TPSA) is 60.5 Å². The number of anilines is 2. The number of piperazine rings is 1. The highest BCUT2D eigenvalue weighted by Crippen LogP contribution is 2.30. The van der Waals surface area contributed by atoms with Gasteiger partial charge in [-0.3, -0.25) is 4.79 Å². The summed E-state index contributed by atoms with van der Waals surface area (Å²) in [5.41, 5.74) is 0.350. The van der Waals surface area contributed by atoms with Crippen molar-refractivity contribution in [3.05, 3.63) is 53.7 Å². The first-order chi connectivity index (χ1) is 14.3. The molecule has 0 unspecified atom stereocenters. The van der Waals surface area contributed by atoms with Crippen LogP contribution in [0.3, 0.4) is 0 Å². The Morgan fingerprint density at radius 3 is 2.53 bits per heavy atom. The van der Waals surface area contributed by atoms with Crippen LogP contribution in [0.5, 0.6) is 0 Å². The molecule has 1 aromatic heterocycles. The van der Waals surface area contributed by atoms with Crippen LogP contribution in [0.2, 0.25) is 0 Å². The number of nitrogens with zero attached hydrogens (tertiary/aromatic N) is 3. The van der Waals surface area contributed by atoms with Gasteiger partial charge in [0.15, 0.2) is 0 Å². The molecule has 2 heterocycles. The molecule has 2 N–H and O–H groups in total. The van der Waals surface area contributed by atoms with Crippen LogP contribution in [0.1, 0.15) is 18.1 Å². The molecule has 9 heteroatoms. The van der Waals surface area contributed by atoms with E-state index in [-0.39, 0.29) is 18.1 Å². The minimum Gasteiger partial charge on any atom is -0.376 e. The van der Waals surface area contributed by atoms with Crippen LogP contribution in [-0.4, -0.2) is 55.1 Å². The van der Waals surface area contributed by atoms with Crippen molar-refractivity contribution in [3.8, 4) is 0 Å². The summed E-state index contributed by atoms with van der Waals surface area (Å²) in [5, 5.41) is 5.46. The lowest BCUT2D eigenvalue weighted by molar-refractivity contribution is -0.137. The second-order valence-electron chi connectivity index (χ2n) is 7.15. The molecular formula is C21H26F3N5O. The zero-order valence-electron chi connectivity index (χ0n) is 16.9. The van der Waals surface area contributed by atoms with Crippen molar-refractivity contribution in [1.29, 1.82) is 0 Å². The minimum atomic E-state index is -4.41. The summed E-state index contributed by atoms with van der Waals surface area (Å²) < 4.78 is 38.2. The summed E-state index contributed by atoms with van der Waals surface area (Å²) in [7, 11) is 0.